The first-order chi connectivity index (χ1) is 10.0. The summed E-state index contributed by atoms with van der Waals surface area (Å²) in [5.41, 5.74) is 0. The van der Waals surface area contributed by atoms with Crippen molar-refractivity contribution in [2.24, 2.45) is 0 Å². The molecule has 0 unspecified atom stereocenters. The Hall–Kier alpha value is 0.720. The molecule has 0 bridgehead atoms. The molecule has 0 nitrogen and oxygen atoms in total. The predicted octanol–water partition coefficient (Wildman–Crippen LogP) is 8.06. The number of hydrogen-bond acceptors (Lipinski definition) is 0. The molecule has 0 saturated heterocycles. The zero-order chi connectivity index (χ0) is 16.1. The normalized spacial score (nSPS) is 14.0. The van der Waals surface area contributed by atoms with Crippen LogP contribution in [0.5, 0.6) is 0 Å². The van der Waals surface area contributed by atoms with Gasteiger partial charge in [-0.2, -0.15) is 0 Å². The molecule has 0 atom stereocenters. The van der Waals surface area contributed by atoms with Crippen LogP contribution in [0.1, 0.15) is 98.3 Å². The van der Waals surface area contributed by atoms with E-state index in [2.05, 4.69) is 27.7 Å². The molecule has 0 fully saturated rings. The summed E-state index contributed by atoms with van der Waals surface area (Å²) in [7, 11) is 0. The van der Waals surface area contributed by atoms with Crippen molar-refractivity contribution >= 4 is 17.2 Å². The Balaban J connectivity index is 4.12. The van der Waals surface area contributed by atoms with Crippen LogP contribution in [0.2, 0.25) is 0 Å². The molecule has 0 N–H and O–H groups in total. The van der Waals surface area contributed by atoms with E-state index in [4.69, 9.17) is 11.2 Å². The number of halogens is 1. The molecular formula is C19H42ClP. The first-order valence-electron chi connectivity index (χ1n) is 9.76. The van der Waals surface area contributed by atoms with Gasteiger partial charge in [-0.1, -0.05) is 0 Å². The summed E-state index contributed by atoms with van der Waals surface area (Å²) < 4.78 is 0. The quantitative estimate of drug-likeness (QED) is 0.209. The van der Waals surface area contributed by atoms with Crippen LogP contribution in [0.3, 0.4) is 0 Å². The molecule has 0 heterocycles. The molecule has 21 heavy (non-hydrogen) atoms. The topological polar surface area (TPSA) is 0 Å². The van der Waals surface area contributed by atoms with Crippen molar-refractivity contribution < 1.29 is 0 Å². The summed E-state index contributed by atoms with van der Waals surface area (Å²) in [6, 6.07) is 0. The maximum absolute atomic E-state index is 7.41. The Labute approximate surface area is 140 Å². The molecule has 0 aliphatic heterocycles. The molecule has 0 rings (SSSR count). The molecule has 0 aromatic rings. The summed E-state index contributed by atoms with van der Waals surface area (Å²) in [4.78, 5) is 0. The molecule has 0 radical (unpaired) electrons. The van der Waals surface area contributed by atoms with Gasteiger partial charge in [-0.15, -0.1) is 0 Å². The third kappa shape index (κ3) is 9.45. The number of unbranched alkanes of at least 4 members (excludes halogenated alkanes) is 7. The summed E-state index contributed by atoms with van der Waals surface area (Å²) in [6.45, 7) is 9.26. The van der Waals surface area contributed by atoms with Crippen LogP contribution in [0.25, 0.3) is 0 Å². The van der Waals surface area contributed by atoms with Crippen molar-refractivity contribution in [1.82, 2.24) is 0 Å². The van der Waals surface area contributed by atoms with E-state index in [0.717, 1.165) is 0 Å². The van der Waals surface area contributed by atoms with Crippen LogP contribution in [0, 0.1) is 0 Å². The summed E-state index contributed by atoms with van der Waals surface area (Å²) >= 11 is 7.41. The van der Waals surface area contributed by atoms with Crippen molar-refractivity contribution in [2.75, 3.05) is 24.6 Å². The third-order valence-electron chi connectivity index (χ3n) is 4.92. The standard InChI is InChI=1S/C19H42ClP/c1-5-9-10-11-12-13-14-15-19-21(20,16-6-2,17-7-3)18-8-4/h5-19H2,1-4H3. The average Bonchev–Trinajstić information content (AvgIpc) is 2.43. The summed E-state index contributed by atoms with van der Waals surface area (Å²) in [5.74, 6) is -1.88. The summed E-state index contributed by atoms with van der Waals surface area (Å²) in [6.07, 6.45) is 20.5. The van der Waals surface area contributed by atoms with Crippen LogP contribution in [-0.2, 0) is 0 Å². The fourth-order valence-corrected chi connectivity index (χ4v) is 11.6. The van der Waals surface area contributed by atoms with E-state index in [1.54, 1.807) is 0 Å². The minimum absolute atomic E-state index is 1.28. The van der Waals surface area contributed by atoms with Gasteiger partial charge in [0.15, 0.2) is 0 Å². The van der Waals surface area contributed by atoms with Gasteiger partial charge in [0.25, 0.3) is 0 Å². The third-order valence-corrected chi connectivity index (χ3v) is 13.1. The van der Waals surface area contributed by atoms with Gasteiger partial charge in [0, 0.05) is 0 Å². The van der Waals surface area contributed by atoms with Gasteiger partial charge in [-0.05, 0) is 0 Å². The van der Waals surface area contributed by atoms with E-state index in [1.807, 2.05) is 0 Å². The second kappa shape index (κ2) is 12.2. The Kier molecular flexibility index (Phi) is 12.6. The second-order valence-corrected chi connectivity index (χ2v) is 15.5. The zero-order valence-electron chi connectivity index (χ0n) is 15.4. The second-order valence-electron chi connectivity index (χ2n) is 7.19. The van der Waals surface area contributed by atoms with Crippen LogP contribution < -0.4 is 0 Å². The Morgan fingerprint density at radius 2 is 0.857 bits per heavy atom. The number of hydrogen-bond donors (Lipinski definition) is 0. The molecule has 2 heteroatoms. The molecule has 0 aliphatic rings. The van der Waals surface area contributed by atoms with Gasteiger partial charge in [0.1, 0.15) is 0 Å². The van der Waals surface area contributed by atoms with Crippen molar-refractivity contribution in [3.63, 3.8) is 0 Å². The van der Waals surface area contributed by atoms with Gasteiger partial charge in [-0.3, -0.25) is 0 Å². The van der Waals surface area contributed by atoms with Gasteiger partial charge >= 0.3 is 140 Å². The van der Waals surface area contributed by atoms with E-state index < -0.39 is 5.96 Å². The summed E-state index contributed by atoms with van der Waals surface area (Å²) in [5, 5.41) is 0. The monoisotopic (exact) mass is 336 g/mol. The Bertz CT molecular complexity index is 220. The Morgan fingerprint density at radius 3 is 1.24 bits per heavy atom. The minimum atomic E-state index is -1.88. The SMILES string of the molecule is CCCCCCCCCCP(Cl)(CCC)(CCC)CCC. The average molecular weight is 337 g/mol. The molecule has 0 aromatic heterocycles. The van der Waals surface area contributed by atoms with Gasteiger partial charge < -0.3 is 0 Å². The molecule has 0 aliphatic carbocycles. The van der Waals surface area contributed by atoms with Crippen LogP contribution in [0.15, 0.2) is 0 Å². The van der Waals surface area contributed by atoms with E-state index >= 15 is 0 Å². The van der Waals surface area contributed by atoms with Gasteiger partial charge in [-0.25, -0.2) is 0 Å². The molecule has 0 spiro atoms. The first-order valence-corrected chi connectivity index (χ1v) is 13.6. The van der Waals surface area contributed by atoms with Crippen molar-refractivity contribution in [2.45, 2.75) is 98.3 Å². The molecule has 0 amide bonds. The Morgan fingerprint density at radius 1 is 0.476 bits per heavy atom. The first kappa shape index (κ1) is 21.7. The van der Waals surface area contributed by atoms with Crippen molar-refractivity contribution in [3.05, 3.63) is 0 Å². The molecular weight excluding hydrogens is 295 g/mol. The van der Waals surface area contributed by atoms with Gasteiger partial charge in [0.05, 0.1) is 0 Å². The number of rotatable bonds is 15. The molecule has 0 aromatic carbocycles. The van der Waals surface area contributed by atoms with Gasteiger partial charge in [0.2, 0.25) is 0 Å². The maximum atomic E-state index is 7.41. The van der Waals surface area contributed by atoms with E-state index in [1.165, 1.54) is 95.3 Å². The van der Waals surface area contributed by atoms with E-state index in [9.17, 15) is 0 Å². The predicted molar refractivity (Wildman–Crippen MR) is 106 cm³/mol. The fourth-order valence-electron chi connectivity index (χ4n) is 3.99. The zero-order valence-corrected chi connectivity index (χ0v) is 17.1. The van der Waals surface area contributed by atoms with Crippen molar-refractivity contribution in [1.29, 1.82) is 0 Å². The fraction of sp³-hybridized carbons (Fsp3) is 1.00. The van der Waals surface area contributed by atoms with E-state index in [-0.39, 0.29) is 0 Å². The van der Waals surface area contributed by atoms with Crippen LogP contribution in [-0.4, -0.2) is 24.6 Å². The van der Waals surface area contributed by atoms with Crippen molar-refractivity contribution in [3.8, 4) is 0 Å². The molecule has 130 valence electrons. The van der Waals surface area contributed by atoms with Crippen LogP contribution >= 0.6 is 17.2 Å². The van der Waals surface area contributed by atoms with E-state index in [0.29, 0.717) is 0 Å². The molecule has 0 saturated carbocycles. The van der Waals surface area contributed by atoms with Crippen LogP contribution in [0.4, 0.5) is 0 Å².